The van der Waals surface area contributed by atoms with Gasteiger partial charge in [-0.3, -0.25) is 0 Å². The van der Waals surface area contributed by atoms with E-state index in [1.165, 1.54) is 6.92 Å². The fraction of sp³-hybridized carbons (Fsp3) is 0.875. The van der Waals surface area contributed by atoms with Crippen molar-refractivity contribution in [1.29, 1.82) is 0 Å². The van der Waals surface area contributed by atoms with Crippen LogP contribution in [-0.2, 0) is 0 Å². The van der Waals surface area contributed by atoms with E-state index < -0.39 is 18.6 Å². The van der Waals surface area contributed by atoms with Gasteiger partial charge in [0.1, 0.15) is 5.84 Å². The fourth-order valence-electron chi connectivity index (χ4n) is 1.31. The second-order valence-electron chi connectivity index (χ2n) is 3.58. The molecule has 0 amide bonds. The number of nitrogens with two attached hydrogens (primary N) is 1. The third kappa shape index (κ3) is 8.04. The van der Waals surface area contributed by atoms with E-state index in [1.54, 1.807) is 6.92 Å². The predicted octanol–water partition coefficient (Wildman–Crippen LogP) is 1.44. The van der Waals surface area contributed by atoms with Crippen LogP contribution in [0.4, 0.5) is 13.2 Å². The highest BCUT2D eigenvalue weighted by Crippen LogP contribution is 2.21. The Morgan fingerprint density at radius 3 is 2.33 bits per heavy atom. The summed E-state index contributed by atoms with van der Waals surface area (Å²) >= 11 is 0. The monoisotopic (exact) mass is 227 g/mol. The zero-order chi connectivity index (χ0) is 12.1. The van der Waals surface area contributed by atoms with Crippen LogP contribution in [0, 0.1) is 0 Å². The summed E-state index contributed by atoms with van der Waals surface area (Å²) in [5.41, 5.74) is 5.21. The molecule has 0 rings (SSSR count). The smallest absolute Gasteiger partial charge is 0.390 e. The molecule has 15 heavy (non-hydrogen) atoms. The van der Waals surface area contributed by atoms with Crippen LogP contribution >= 0.6 is 0 Å². The Morgan fingerprint density at radius 1 is 1.40 bits per heavy atom. The largest absolute Gasteiger partial charge is 0.409 e. The van der Waals surface area contributed by atoms with Gasteiger partial charge in [-0.1, -0.05) is 5.16 Å². The molecule has 7 heteroatoms. The van der Waals surface area contributed by atoms with Crippen LogP contribution in [0.3, 0.4) is 0 Å². The summed E-state index contributed by atoms with van der Waals surface area (Å²) in [6.45, 7) is 3.11. The first-order chi connectivity index (χ1) is 6.74. The van der Waals surface area contributed by atoms with E-state index in [0.717, 1.165) is 0 Å². The van der Waals surface area contributed by atoms with Gasteiger partial charge in [0.25, 0.3) is 0 Å². The third-order valence-electron chi connectivity index (χ3n) is 1.75. The van der Waals surface area contributed by atoms with Gasteiger partial charge >= 0.3 is 6.18 Å². The summed E-state index contributed by atoms with van der Waals surface area (Å²) in [6.07, 6.45) is -4.87. The Labute approximate surface area is 86.3 Å². The molecule has 0 aliphatic carbocycles. The summed E-state index contributed by atoms with van der Waals surface area (Å²) < 4.78 is 35.9. The number of hydrogen-bond acceptors (Lipinski definition) is 3. The summed E-state index contributed by atoms with van der Waals surface area (Å²) in [4.78, 5) is 0. The van der Waals surface area contributed by atoms with E-state index in [-0.39, 0.29) is 18.3 Å². The first kappa shape index (κ1) is 14.0. The van der Waals surface area contributed by atoms with Crippen LogP contribution in [0.5, 0.6) is 0 Å². The molecule has 4 N–H and O–H groups in total. The SMILES string of the molecule is CC(CC(N)=NO)NC(C)CC(F)(F)F. The number of oxime groups is 1. The average molecular weight is 227 g/mol. The van der Waals surface area contributed by atoms with Gasteiger partial charge in [-0.05, 0) is 13.8 Å². The van der Waals surface area contributed by atoms with Crippen molar-refractivity contribution in [2.45, 2.75) is 44.9 Å². The van der Waals surface area contributed by atoms with Crippen molar-refractivity contribution in [3.8, 4) is 0 Å². The number of nitrogens with one attached hydrogen (secondary N) is 1. The molecule has 0 aromatic carbocycles. The average Bonchev–Trinajstić information content (AvgIpc) is 1.99. The van der Waals surface area contributed by atoms with Crippen LogP contribution < -0.4 is 11.1 Å². The van der Waals surface area contributed by atoms with Gasteiger partial charge in [-0.15, -0.1) is 0 Å². The highest BCUT2D eigenvalue weighted by atomic mass is 19.4. The van der Waals surface area contributed by atoms with Crippen LogP contribution in [0.15, 0.2) is 5.16 Å². The molecule has 0 aliphatic heterocycles. The Bertz CT molecular complexity index is 218. The third-order valence-corrected chi connectivity index (χ3v) is 1.75. The second kappa shape index (κ2) is 5.79. The maximum atomic E-state index is 12.0. The molecule has 0 heterocycles. The van der Waals surface area contributed by atoms with Gasteiger partial charge < -0.3 is 16.3 Å². The quantitative estimate of drug-likeness (QED) is 0.288. The first-order valence-electron chi connectivity index (χ1n) is 4.53. The van der Waals surface area contributed by atoms with Crippen LogP contribution in [0.1, 0.15) is 26.7 Å². The van der Waals surface area contributed by atoms with Crippen LogP contribution in [0.2, 0.25) is 0 Å². The summed E-state index contributed by atoms with van der Waals surface area (Å²) in [5, 5.41) is 13.7. The van der Waals surface area contributed by atoms with Gasteiger partial charge in [-0.25, -0.2) is 0 Å². The lowest BCUT2D eigenvalue weighted by molar-refractivity contribution is -0.139. The van der Waals surface area contributed by atoms with Crippen molar-refractivity contribution >= 4 is 5.84 Å². The molecule has 2 atom stereocenters. The summed E-state index contributed by atoms with van der Waals surface area (Å²) in [7, 11) is 0. The van der Waals surface area contributed by atoms with Crippen molar-refractivity contribution in [3.05, 3.63) is 0 Å². The first-order valence-corrected chi connectivity index (χ1v) is 4.53. The minimum atomic E-state index is -4.18. The normalized spacial score (nSPS) is 17.5. The maximum Gasteiger partial charge on any atom is 0.390 e. The molecule has 0 aromatic heterocycles. The van der Waals surface area contributed by atoms with E-state index in [1.807, 2.05) is 0 Å². The predicted molar refractivity (Wildman–Crippen MR) is 50.8 cm³/mol. The van der Waals surface area contributed by atoms with E-state index in [4.69, 9.17) is 10.9 Å². The molecule has 0 aliphatic rings. The molecule has 0 spiro atoms. The van der Waals surface area contributed by atoms with Crippen LogP contribution in [-0.4, -0.2) is 29.3 Å². The van der Waals surface area contributed by atoms with Crippen molar-refractivity contribution < 1.29 is 18.4 Å². The zero-order valence-corrected chi connectivity index (χ0v) is 8.67. The number of alkyl halides is 3. The number of nitrogens with zero attached hydrogens (tertiary/aromatic N) is 1. The standard InChI is InChI=1S/C8H16F3N3O/c1-5(3-7(12)14-15)13-6(2)4-8(9,10)11/h5-6,13,15H,3-4H2,1-2H3,(H2,12,14). The van der Waals surface area contributed by atoms with Crippen molar-refractivity contribution in [2.75, 3.05) is 0 Å². The molecule has 0 bridgehead atoms. The van der Waals surface area contributed by atoms with Gasteiger partial charge in [0.15, 0.2) is 0 Å². The lowest BCUT2D eigenvalue weighted by Crippen LogP contribution is -2.39. The molecule has 0 saturated heterocycles. The highest BCUT2D eigenvalue weighted by molar-refractivity contribution is 5.80. The Morgan fingerprint density at radius 2 is 1.93 bits per heavy atom. The molecule has 90 valence electrons. The molecule has 4 nitrogen and oxygen atoms in total. The summed E-state index contributed by atoms with van der Waals surface area (Å²) in [6, 6.07) is -0.954. The van der Waals surface area contributed by atoms with E-state index >= 15 is 0 Å². The maximum absolute atomic E-state index is 12.0. The minimum absolute atomic E-state index is 0.00536. The highest BCUT2D eigenvalue weighted by Gasteiger charge is 2.30. The molecule has 0 saturated carbocycles. The number of amidine groups is 1. The van der Waals surface area contributed by atoms with Gasteiger partial charge in [0.2, 0.25) is 0 Å². The molecule has 2 unspecified atom stereocenters. The number of rotatable bonds is 5. The van der Waals surface area contributed by atoms with Crippen molar-refractivity contribution in [1.82, 2.24) is 5.32 Å². The van der Waals surface area contributed by atoms with Gasteiger partial charge in [-0.2, -0.15) is 13.2 Å². The zero-order valence-electron chi connectivity index (χ0n) is 8.67. The molecule has 0 radical (unpaired) electrons. The van der Waals surface area contributed by atoms with E-state index in [0.29, 0.717) is 0 Å². The number of hydrogen-bond donors (Lipinski definition) is 3. The summed E-state index contributed by atoms with van der Waals surface area (Å²) in [5.74, 6) is -0.00536. The van der Waals surface area contributed by atoms with Crippen molar-refractivity contribution in [2.24, 2.45) is 10.9 Å². The Hall–Kier alpha value is -0.980. The van der Waals surface area contributed by atoms with Crippen molar-refractivity contribution in [3.63, 3.8) is 0 Å². The molecule has 0 aromatic rings. The van der Waals surface area contributed by atoms with Gasteiger partial charge in [0, 0.05) is 18.5 Å². The number of halogens is 3. The lowest BCUT2D eigenvalue weighted by Gasteiger charge is -2.20. The second-order valence-corrected chi connectivity index (χ2v) is 3.58. The Kier molecular flexibility index (Phi) is 5.41. The van der Waals surface area contributed by atoms with E-state index in [2.05, 4.69) is 10.5 Å². The van der Waals surface area contributed by atoms with Crippen LogP contribution in [0.25, 0.3) is 0 Å². The van der Waals surface area contributed by atoms with Gasteiger partial charge in [0.05, 0.1) is 6.42 Å². The molecule has 0 fully saturated rings. The molecular weight excluding hydrogens is 211 g/mol. The Balaban J connectivity index is 3.91. The lowest BCUT2D eigenvalue weighted by atomic mass is 10.1. The fourth-order valence-corrected chi connectivity index (χ4v) is 1.31. The topological polar surface area (TPSA) is 70.6 Å². The molecular formula is C8H16F3N3O. The van der Waals surface area contributed by atoms with E-state index in [9.17, 15) is 13.2 Å². The minimum Gasteiger partial charge on any atom is -0.409 e.